The smallest absolute Gasteiger partial charge is 0.127 e. The van der Waals surface area contributed by atoms with Crippen LogP contribution >= 0.6 is 22.7 Å². The molecule has 1 aliphatic heterocycles. The third-order valence-electron chi connectivity index (χ3n) is 5.53. The Labute approximate surface area is 194 Å². The van der Waals surface area contributed by atoms with Gasteiger partial charge in [-0.05, 0) is 62.0 Å². The first-order chi connectivity index (χ1) is 13.4. The fourth-order valence-electron chi connectivity index (χ4n) is 3.86. The third kappa shape index (κ3) is 6.95. The highest BCUT2D eigenvalue weighted by molar-refractivity contribution is 7.08. The van der Waals surface area contributed by atoms with Gasteiger partial charge in [-0.3, -0.25) is 0 Å². The monoisotopic (exact) mass is 466 g/mol. The summed E-state index contributed by atoms with van der Waals surface area (Å²) in [6.07, 6.45) is 3.67. The van der Waals surface area contributed by atoms with Crippen LogP contribution in [0.25, 0.3) is 5.57 Å². The standard InChI is InChI=1S/C23H26N2S2.2ClH/c1-2-4-20(5-3-1)6-10-24-12-14-25(15-13-24)11-7-23(21-8-16-26-18-21)22-9-17-27-19-22;;/h1-5,7-9,16-19H,6,10-15H2;2*1H. The average Bonchev–Trinajstić information content (AvgIpc) is 3.43. The molecule has 1 aliphatic rings. The lowest BCUT2D eigenvalue weighted by Crippen LogP contribution is -3.28. The molecule has 4 rings (SSSR count). The van der Waals surface area contributed by atoms with Gasteiger partial charge in [0.2, 0.25) is 0 Å². The van der Waals surface area contributed by atoms with Gasteiger partial charge >= 0.3 is 0 Å². The first kappa shape index (κ1) is 24.1. The molecule has 29 heavy (non-hydrogen) atoms. The highest BCUT2D eigenvalue weighted by Gasteiger charge is 2.22. The van der Waals surface area contributed by atoms with Gasteiger partial charge in [0, 0.05) is 6.42 Å². The molecular weight excluding hydrogens is 439 g/mol. The van der Waals surface area contributed by atoms with Crippen LogP contribution in [0.3, 0.4) is 0 Å². The van der Waals surface area contributed by atoms with E-state index in [0.717, 1.165) is 6.54 Å². The lowest BCUT2D eigenvalue weighted by atomic mass is 10.0. The van der Waals surface area contributed by atoms with Crippen molar-refractivity contribution in [2.75, 3.05) is 39.3 Å². The van der Waals surface area contributed by atoms with Crippen LogP contribution in [-0.2, 0) is 6.42 Å². The van der Waals surface area contributed by atoms with E-state index in [1.165, 1.54) is 61.4 Å². The van der Waals surface area contributed by atoms with Crippen molar-refractivity contribution in [3.05, 3.63) is 86.8 Å². The minimum Gasteiger partial charge on any atom is -1.00 e. The SMILES string of the molecule is C(C[NH+]1CC[NH+](CCc2ccccc2)CC1)=C(c1ccsc1)c1ccsc1.[Cl-].[Cl-]. The maximum Gasteiger partial charge on any atom is 0.127 e. The topological polar surface area (TPSA) is 8.88 Å². The summed E-state index contributed by atoms with van der Waals surface area (Å²) in [5, 5.41) is 8.89. The molecule has 1 saturated heterocycles. The molecule has 0 amide bonds. The summed E-state index contributed by atoms with van der Waals surface area (Å²) in [4.78, 5) is 3.49. The first-order valence-corrected chi connectivity index (χ1v) is 11.7. The Kier molecular flexibility index (Phi) is 10.4. The largest absolute Gasteiger partial charge is 1.00 e. The van der Waals surface area contributed by atoms with E-state index in [4.69, 9.17) is 0 Å². The molecule has 2 N–H and O–H groups in total. The van der Waals surface area contributed by atoms with Crippen LogP contribution in [0.2, 0.25) is 0 Å². The quantitative estimate of drug-likeness (QED) is 0.354. The maximum absolute atomic E-state index is 2.47. The third-order valence-corrected chi connectivity index (χ3v) is 6.90. The number of hydrogen-bond donors (Lipinski definition) is 2. The first-order valence-electron chi connectivity index (χ1n) is 9.85. The minimum atomic E-state index is 0. The normalized spacial score (nSPS) is 18.3. The zero-order valence-electron chi connectivity index (χ0n) is 16.5. The van der Waals surface area contributed by atoms with E-state index in [0.29, 0.717) is 0 Å². The summed E-state index contributed by atoms with van der Waals surface area (Å²) in [5.74, 6) is 0. The number of piperazine rings is 1. The number of hydrogen-bond acceptors (Lipinski definition) is 2. The van der Waals surface area contributed by atoms with Crippen LogP contribution in [0, 0.1) is 0 Å². The summed E-state index contributed by atoms with van der Waals surface area (Å²) in [6.45, 7) is 7.54. The van der Waals surface area contributed by atoms with Crippen molar-refractivity contribution in [2.24, 2.45) is 0 Å². The number of thiophene rings is 2. The zero-order valence-corrected chi connectivity index (χ0v) is 19.6. The molecule has 0 spiro atoms. The summed E-state index contributed by atoms with van der Waals surface area (Å²) >= 11 is 3.57. The molecule has 156 valence electrons. The van der Waals surface area contributed by atoms with Gasteiger partial charge in [0.05, 0.1) is 13.1 Å². The van der Waals surface area contributed by atoms with Gasteiger partial charge in [0.15, 0.2) is 0 Å². The second-order valence-electron chi connectivity index (χ2n) is 7.33. The van der Waals surface area contributed by atoms with Crippen LogP contribution < -0.4 is 34.6 Å². The molecule has 0 unspecified atom stereocenters. The van der Waals surface area contributed by atoms with Crippen LogP contribution in [-0.4, -0.2) is 39.3 Å². The molecule has 6 heteroatoms. The van der Waals surface area contributed by atoms with Crippen LogP contribution in [0.15, 0.2) is 70.1 Å². The van der Waals surface area contributed by atoms with Crippen molar-refractivity contribution in [3.8, 4) is 0 Å². The molecule has 0 saturated carbocycles. The van der Waals surface area contributed by atoms with Gasteiger partial charge < -0.3 is 34.6 Å². The van der Waals surface area contributed by atoms with Crippen molar-refractivity contribution in [3.63, 3.8) is 0 Å². The maximum atomic E-state index is 2.47. The van der Waals surface area contributed by atoms with Crippen molar-refractivity contribution < 1.29 is 34.6 Å². The van der Waals surface area contributed by atoms with Gasteiger partial charge in [0.1, 0.15) is 26.2 Å². The second kappa shape index (κ2) is 12.5. The Hall–Kier alpha value is -1.14. The Morgan fingerprint density at radius 1 is 0.793 bits per heavy atom. The lowest BCUT2D eigenvalue weighted by Gasteiger charge is -2.29. The average molecular weight is 468 g/mol. The highest BCUT2D eigenvalue weighted by atomic mass is 35.5. The summed E-state index contributed by atoms with van der Waals surface area (Å²) in [7, 11) is 0. The molecule has 0 atom stereocenters. The molecule has 2 aromatic heterocycles. The van der Waals surface area contributed by atoms with Gasteiger partial charge in [-0.25, -0.2) is 0 Å². The number of halogens is 2. The number of nitrogens with one attached hydrogen (secondary N) is 2. The predicted molar refractivity (Wildman–Crippen MR) is 117 cm³/mol. The zero-order chi connectivity index (χ0) is 18.3. The highest BCUT2D eigenvalue weighted by Crippen LogP contribution is 2.26. The molecule has 2 nitrogen and oxygen atoms in total. The Balaban J connectivity index is 0.00000150. The predicted octanol–water partition coefficient (Wildman–Crippen LogP) is -3.72. The summed E-state index contributed by atoms with van der Waals surface area (Å²) < 4.78 is 0. The molecule has 1 fully saturated rings. The molecule has 0 radical (unpaired) electrons. The van der Waals surface area contributed by atoms with E-state index in [9.17, 15) is 0 Å². The van der Waals surface area contributed by atoms with Crippen molar-refractivity contribution in [1.29, 1.82) is 0 Å². The number of rotatable bonds is 7. The van der Waals surface area contributed by atoms with Crippen LogP contribution in [0.4, 0.5) is 0 Å². The van der Waals surface area contributed by atoms with E-state index in [2.05, 4.69) is 70.1 Å². The van der Waals surface area contributed by atoms with Crippen molar-refractivity contribution >= 4 is 28.2 Å². The van der Waals surface area contributed by atoms with Crippen LogP contribution in [0.5, 0.6) is 0 Å². The van der Waals surface area contributed by atoms with Crippen molar-refractivity contribution in [1.82, 2.24) is 0 Å². The van der Waals surface area contributed by atoms with Gasteiger partial charge in [-0.15, -0.1) is 0 Å². The van der Waals surface area contributed by atoms with E-state index in [1.807, 2.05) is 0 Å². The van der Waals surface area contributed by atoms with E-state index >= 15 is 0 Å². The molecular formula is C23H28Cl2N2S2. The second-order valence-corrected chi connectivity index (χ2v) is 8.89. The van der Waals surface area contributed by atoms with Gasteiger partial charge in [0.25, 0.3) is 0 Å². The molecule has 3 aromatic rings. The summed E-state index contributed by atoms with van der Waals surface area (Å²) in [6, 6.07) is 15.4. The molecule has 3 heterocycles. The Morgan fingerprint density at radius 3 is 1.93 bits per heavy atom. The lowest BCUT2D eigenvalue weighted by molar-refractivity contribution is -1.01. The Morgan fingerprint density at radius 2 is 1.38 bits per heavy atom. The van der Waals surface area contributed by atoms with Gasteiger partial charge in [-0.2, -0.15) is 22.7 Å². The minimum absolute atomic E-state index is 0. The van der Waals surface area contributed by atoms with E-state index in [-0.39, 0.29) is 24.8 Å². The molecule has 1 aromatic carbocycles. The van der Waals surface area contributed by atoms with Crippen LogP contribution in [0.1, 0.15) is 16.7 Å². The number of benzene rings is 1. The van der Waals surface area contributed by atoms with E-state index < -0.39 is 0 Å². The fourth-order valence-corrected chi connectivity index (χ4v) is 5.17. The Bertz CT molecular complexity index is 789. The van der Waals surface area contributed by atoms with Gasteiger partial charge in [-0.1, -0.05) is 30.3 Å². The van der Waals surface area contributed by atoms with Crippen molar-refractivity contribution in [2.45, 2.75) is 6.42 Å². The molecule has 0 bridgehead atoms. The molecule has 0 aliphatic carbocycles. The summed E-state index contributed by atoms with van der Waals surface area (Å²) in [5.41, 5.74) is 5.61. The number of quaternary nitrogens is 2. The fraction of sp³-hybridized carbons (Fsp3) is 0.304. The van der Waals surface area contributed by atoms with E-state index in [1.54, 1.807) is 32.5 Å².